The Morgan fingerprint density at radius 2 is 2.00 bits per heavy atom. The maximum atomic E-state index is 12.4. The van der Waals surface area contributed by atoms with Gasteiger partial charge in [-0.25, -0.2) is 4.79 Å². The predicted molar refractivity (Wildman–Crippen MR) is 96.4 cm³/mol. The van der Waals surface area contributed by atoms with Gasteiger partial charge in [-0.1, -0.05) is 31.2 Å². The van der Waals surface area contributed by atoms with Gasteiger partial charge in [-0.05, 0) is 31.4 Å². The van der Waals surface area contributed by atoms with Crippen molar-refractivity contribution in [3.05, 3.63) is 58.2 Å². The highest BCUT2D eigenvalue weighted by atomic mass is 16.5. The number of rotatable bonds is 7. The Morgan fingerprint density at radius 3 is 2.58 bits per heavy atom. The fourth-order valence-electron chi connectivity index (χ4n) is 2.83. The van der Waals surface area contributed by atoms with E-state index >= 15 is 0 Å². The minimum atomic E-state index is -0.613. The third kappa shape index (κ3) is 4.24. The molecule has 0 spiro atoms. The van der Waals surface area contributed by atoms with Gasteiger partial charge in [0.15, 0.2) is 0 Å². The molecular weight excluding hydrogens is 332 g/mol. The predicted octanol–water partition coefficient (Wildman–Crippen LogP) is 3.26. The summed E-state index contributed by atoms with van der Waals surface area (Å²) in [6.45, 7) is 6.89. The maximum Gasteiger partial charge on any atom is 0.338 e. The van der Waals surface area contributed by atoms with Crippen LogP contribution in [0.4, 0.5) is 0 Å². The van der Waals surface area contributed by atoms with Gasteiger partial charge in [-0.15, -0.1) is 0 Å². The van der Waals surface area contributed by atoms with Gasteiger partial charge in [-0.3, -0.25) is 0 Å². The average Bonchev–Trinajstić information content (AvgIpc) is 2.62. The number of hydrogen-bond donors (Lipinski definition) is 1. The zero-order valence-corrected chi connectivity index (χ0v) is 15.4. The van der Waals surface area contributed by atoms with E-state index in [1.165, 1.54) is 0 Å². The van der Waals surface area contributed by atoms with Gasteiger partial charge < -0.3 is 19.9 Å². The van der Waals surface area contributed by atoms with Gasteiger partial charge in [-0.2, -0.15) is 5.26 Å². The van der Waals surface area contributed by atoms with Crippen LogP contribution in [-0.2, 0) is 25.6 Å². The number of carbonyl (C=O) groups is 1. The van der Waals surface area contributed by atoms with Crippen LogP contribution in [0.1, 0.15) is 44.2 Å². The summed E-state index contributed by atoms with van der Waals surface area (Å²) in [7, 11) is 0. The van der Waals surface area contributed by atoms with Crippen LogP contribution < -0.4 is 5.73 Å². The van der Waals surface area contributed by atoms with Gasteiger partial charge in [0.2, 0.25) is 5.88 Å². The number of hydrogen-bond acceptors (Lipinski definition) is 6. The second kappa shape index (κ2) is 9.07. The summed E-state index contributed by atoms with van der Waals surface area (Å²) in [5, 5.41) is 9.54. The average molecular weight is 356 g/mol. The first-order valence-corrected chi connectivity index (χ1v) is 8.65. The topological polar surface area (TPSA) is 94.6 Å². The van der Waals surface area contributed by atoms with Crippen molar-refractivity contribution in [1.29, 1.82) is 5.26 Å². The van der Waals surface area contributed by atoms with Crippen molar-refractivity contribution in [3.8, 4) is 6.07 Å². The highest BCUT2D eigenvalue weighted by molar-refractivity contribution is 5.92. The summed E-state index contributed by atoms with van der Waals surface area (Å²) >= 11 is 0. The molecule has 6 nitrogen and oxygen atoms in total. The molecule has 0 amide bonds. The van der Waals surface area contributed by atoms with E-state index < -0.39 is 11.9 Å². The van der Waals surface area contributed by atoms with E-state index in [0.29, 0.717) is 24.5 Å². The van der Waals surface area contributed by atoms with Gasteiger partial charge in [0.1, 0.15) is 17.4 Å². The van der Waals surface area contributed by atoms with Crippen molar-refractivity contribution in [2.45, 2.75) is 39.7 Å². The van der Waals surface area contributed by atoms with E-state index in [1.807, 2.05) is 24.3 Å². The summed E-state index contributed by atoms with van der Waals surface area (Å²) in [6, 6.07) is 9.66. The van der Waals surface area contributed by atoms with Crippen molar-refractivity contribution in [1.82, 2.24) is 0 Å². The third-order valence-electron chi connectivity index (χ3n) is 4.03. The fourth-order valence-corrected chi connectivity index (χ4v) is 2.83. The van der Waals surface area contributed by atoms with Crippen LogP contribution in [0, 0.1) is 11.3 Å². The molecule has 2 rings (SSSR count). The second-order valence-corrected chi connectivity index (χ2v) is 5.91. The Kier molecular flexibility index (Phi) is 6.81. The van der Waals surface area contributed by atoms with Crippen LogP contribution in [0.25, 0.3) is 0 Å². The van der Waals surface area contributed by atoms with Crippen LogP contribution in [-0.4, -0.2) is 19.2 Å². The van der Waals surface area contributed by atoms with E-state index in [4.69, 9.17) is 19.9 Å². The zero-order chi connectivity index (χ0) is 19.1. The summed E-state index contributed by atoms with van der Waals surface area (Å²) in [5.74, 6) is -0.761. The molecule has 1 unspecified atom stereocenters. The van der Waals surface area contributed by atoms with E-state index in [1.54, 1.807) is 13.8 Å². The van der Waals surface area contributed by atoms with Crippen LogP contribution in [0.3, 0.4) is 0 Å². The number of esters is 1. The molecule has 138 valence electrons. The fraction of sp³-hybridized carbons (Fsp3) is 0.400. The van der Waals surface area contributed by atoms with Crippen LogP contribution >= 0.6 is 0 Å². The van der Waals surface area contributed by atoms with E-state index in [0.717, 1.165) is 17.5 Å². The Balaban J connectivity index is 2.38. The number of allylic oxidation sites excluding steroid dienone is 2. The third-order valence-corrected chi connectivity index (χ3v) is 4.03. The zero-order valence-electron chi connectivity index (χ0n) is 15.4. The molecule has 0 saturated carbocycles. The monoisotopic (exact) mass is 356 g/mol. The first kappa shape index (κ1) is 19.5. The Bertz CT molecular complexity index is 757. The van der Waals surface area contributed by atoms with Gasteiger partial charge in [0.05, 0.1) is 24.7 Å². The number of nitrogens with zero attached hydrogens (tertiary/aromatic N) is 1. The van der Waals surface area contributed by atoms with E-state index in [2.05, 4.69) is 13.0 Å². The van der Waals surface area contributed by atoms with Crippen molar-refractivity contribution in [2.24, 2.45) is 5.73 Å². The molecule has 0 bridgehead atoms. The molecule has 1 aliphatic heterocycles. The van der Waals surface area contributed by atoms with Crippen LogP contribution in [0.5, 0.6) is 0 Å². The SMILES string of the molecule is CCCOCc1ccc(C2C(C#N)=C(N)OC(C)=C2C(=O)OCC)cc1. The molecule has 1 heterocycles. The molecule has 1 aromatic rings. The largest absolute Gasteiger partial charge is 0.463 e. The highest BCUT2D eigenvalue weighted by Gasteiger charge is 2.36. The van der Waals surface area contributed by atoms with Gasteiger partial charge in [0, 0.05) is 6.61 Å². The number of nitrogens with two attached hydrogens (primary N) is 1. The highest BCUT2D eigenvalue weighted by Crippen LogP contribution is 2.39. The quantitative estimate of drug-likeness (QED) is 0.595. The Morgan fingerprint density at radius 1 is 1.31 bits per heavy atom. The standard InChI is InChI=1S/C20H24N2O4/c1-4-10-24-12-14-6-8-15(9-7-14)18-16(11-21)19(22)26-13(3)17(18)20(23)25-5-2/h6-9,18H,4-5,10,12,22H2,1-3H3. The summed E-state index contributed by atoms with van der Waals surface area (Å²) in [6.07, 6.45) is 0.961. The lowest BCUT2D eigenvalue weighted by Crippen LogP contribution is -2.25. The Hall–Kier alpha value is -2.78. The minimum absolute atomic E-state index is 0.0124. The lowest BCUT2D eigenvalue weighted by atomic mass is 9.83. The van der Waals surface area contributed by atoms with Crippen LogP contribution in [0.2, 0.25) is 0 Å². The lowest BCUT2D eigenvalue weighted by molar-refractivity contribution is -0.139. The van der Waals surface area contributed by atoms with Crippen molar-refractivity contribution in [3.63, 3.8) is 0 Å². The van der Waals surface area contributed by atoms with Gasteiger partial charge >= 0.3 is 5.97 Å². The smallest absolute Gasteiger partial charge is 0.338 e. The molecule has 6 heteroatoms. The summed E-state index contributed by atoms with van der Waals surface area (Å²) < 4.78 is 16.1. The molecule has 2 N–H and O–H groups in total. The first-order chi connectivity index (χ1) is 12.5. The van der Waals surface area contributed by atoms with Crippen molar-refractivity contribution >= 4 is 5.97 Å². The lowest BCUT2D eigenvalue weighted by Gasteiger charge is -2.26. The maximum absolute atomic E-state index is 12.4. The molecule has 0 radical (unpaired) electrons. The molecule has 1 aromatic carbocycles. The van der Waals surface area contributed by atoms with E-state index in [-0.39, 0.29) is 18.1 Å². The normalized spacial score (nSPS) is 16.9. The molecular formula is C20H24N2O4. The number of nitriles is 1. The van der Waals surface area contributed by atoms with Crippen molar-refractivity contribution < 1.29 is 19.0 Å². The van der Waals surface area contributed by atoms with E-state index in [9.17, 15) is 10.1 Å². The minimum Gasteiger partial charge on any atom is -0.463 e. The van der Waals surface area contributed by atoms with Gasteiger partial charge in [0.25, 0.3) is 0 Å². The molecule has 0 saturated heterocycles. The molecule has 1 atom stereocenters. The first-order valence-electron chi connectivity index (χ1n) is 8.65. The second-order valence-electron chi connectivity index (χ2n) is 5.91. The molecule has 26 heavy (non-hydrogen) atoms. The molecule has 1 aliphatic rings. The number of benzene rings is 1. The molecule has 0 aliphatic carbocycles. The van der Waals surface area contributed by atoms with Crippen molar-refractivity contribution in [2.75, 3.05) is 13.2 Å². The molecule has 0 fully saturated rings. The summed E-state index contributed by atoms with van der Waals surface area (Å²) in [4.78, 5) is 12.4. The van der Waals surface area contributed by atoms with Crippen LogP contribution in [0.15, 0.2) is 47.1 Å². The number of ether oxygens (including phenoxy) is 3. The number of carbonyl (C=O) groups excluding carboxylic acids is 1. The Labute approximate surface area is 153 Å². The molecule has 0 aromatic heterocycles. The summed E-state index contributed by atoms with van der Waals surface area (Å²) in [5.41, 5.74) is 8.17.